The highest BCUT2D eigenvalue weighted by atomic mass is 16.5. The first kappa shape index (κ1) is 13.9. The third-order valence-corrected chi connectivity index (χ3v) is 3.75. The van der Waals surface area contributed by atoms with Crippen LogP contribution < -0.4 is 10.5 Å². The van der Waals surface area contributed by atoms with Crippen molar-refractivity contribution in [2.75, 3.05) is 6.61 Å². The van der Waals surface area contributed by atoms with E-state index in [0.29, 0.717) is 13.0 Å². The van der Waals surface area contributed by atoms with E-state index in [1.54, 1.807) is 0 Å². The van der Waals surface area contributed by atoms with Gasteiger partial charge in [0.05, 0.1) is 12.4 Å². The molecule has 1 aromatic carbocycles. The molecular formula is C16H24N2O. The third kappa shape index (κ3) is 3.49. The van der Waals surface area contributed by atoms with Gasteiger partial charge in [-0.25, -0.2) is 0 Å². The fourth-order valence-electron chi connectivity index (χ4n) is 2.40. The van der Waals surface area contributed by atoms with Crippen molar-refractivity contribution in [3.63, 3.8) is 0 Å². The van der Waals surface area contributed by atoms with Crippen LogP contribution in [0.4, 0.5) is 0 Å². The van der Waals surface area contributed by atoms with Crippen LogP contribution >= 0.6 is 0 Å². The van der Waals surface area contributed by atoms with Crippen molar-refractivity contribution in [2.24, 2.45) is 11.1 Å². The summed E-state index contributed by atoms with van der Waals surface area (Å²) in [6.07, 6.45) is 2.89. The zero-order valence-electron chi connectivity index (χ0n) is 12.1. The van der Waals surface area contributed by atoms with Gasteiger partial charge in [-0.15, -0.1) is 0 Å². The molecule has 104 valence electrons. The monoisotopic (exact) mass is 260 g/mol. The first-order valence-electron chi connectivity index (χ1n) is 6.88. The van der Waals surface area contributed by atoms with Gasteiger partial charge in [-0.2, -0.15) is 0 Å². The molecule has 0 amide bonds. The van der Waals surface area contributed by atoms with E-state index in [9.17, 15) is 0 Å². The van der Waals surface area contributed by atoms with Crippen LogP contribution in [0, 0.1) is 10.8 Å². The standard InChI is InChI=1S/C16H24N2O/c1-15(2,3)12-6-4-5-7-13(12)19-11-16(8-9-16)10-14(17)18/h4-7H,8-11H2,1-3H3,(H3,17,18). The van der Waals surface area contributed by atoms with E-state index in [0.717, 1.165) is 18.6 Å². The number of para-hydroxylation sites is 1. The smallest absolute Gasteiger partial charge is 0.123 e. The predicted octanol–water partition coefficient (Wildman–Crippen LogP) is 3.47. The predicted molar refractivity (Wildman–Crippen MR) is 78.8 cm³/mol. The van der Waals surface area contributed by atoms with E-state index in [1.165, 1.54) is 5.56 Å². The Hall–Kier alpha value is -1.51. The molecule has 0 aliphatic heterocycles. The zero-order chi connectivity index (χ0) is 14.1. The highest BCUT2D eigenvalue weighted by molar-refractivity contribution is 5.78. The van der Waals surface area contributed by atoms with Gasteiger partial charge in [0.1, 0.15) is 5.75 Å². The minimum Gasteiger partial charge on any atom is -0.493 e. The molecule has 0 radical (unpaired) electrons. The fourth-order valence-corrected chi connectivity index (χ4v) is 2.40. The number of nitrogens with one attached hydrogen (secondary N) is 1. The highest BCUT2D eigenvalue weighted by Gasteiger charge is 2.44. The Bertz CT molecular complexity index is 470. The third-order valence-electron chi connectivity index (χ3n) is 3.75. The Morgan fingerprint density at radius 1 is 1.32 bits per heavy atom. The Balaban J connectivity index is 2.06. The first-order chi connectivity index (χ1) is 8.82. The minimum atomic E-state index is 0.0773. The number of nitrogens with two attached hydrogens (primary N) is 1. The van der Waals surface area contributed by atoms with Gasteiger partial charge < -0.3 is 10.5 Å². The lowest BCUT2D eigenvalue weighted by atomic mass is 9.86. The molecule has 0 atom stereocenters. The van der Waals surface area contributed by atoms with Gasteiger partial charge in [0.2, 0.25) is 0 Å². The zero-order valence-corrected chi connectivity index (χ0v) is 12.1. The maximum atomic E-state index is 7.44. The van der Waals surface area contributed by atoms with Crippen LogP contribution in [0.15, 0.2) is 24.3 Å². The Morgan fingerprint density at radius 3 is 2.47 bits per heavy atom. The van der Waals surface area contributed by atoms with Crippen molar-refractivity contribution >= 4 is 5.84 Å². The molecular weight excluding hydrogens is 236 g/mol. The molecule has 0 aromatic heterocycles. The van der Waals surface area contributed by atoms with Crippen molar-refractivity contribution < 1.29 is 4.74 Å². The van der Waals surface area contributed by atoms with Crippen LogP contribution in [0.2, 0.25) is 0 Å². The van der Waals surface area contributed by atoms with Gasteiger partial charge in [0.25, 0.3) is 0 Å². The van der Waals surface area contributed by atoms with Crippen molar-refractivity contribution in [1.29, 1.82) is 5.41 Å². The molecule has 1 saturated carbocycles. The Labute approximate surface area is 115 Å². The molecule has 1 aliphatic rings. The van der Waals surface area contributed by atoms with Crippen molar-refractivity contribution in [1.82, 2.24) is 0 Å². The number of rotatable bonds is 5. The summed E-state index contributed by atoms with van der Waals surface area (Å²) in [4.78, 5) is 0. The molecule has 1 aliphatic carbocycles. The minimum absolute atomic E-state index is 0.0773. The van der Waals surface area contributed by atoms with Gasteiger partial charge in [-0.05, 0) is 29.9 Å². The van der Waals surface area contributed by atoms with E-state index in [1.807, 2.05) is 12.1 Å². The lowest BCUT2D eigenvalue weighted by Gasteiger charge is -2.24. The normalized spacial score (nSPS) is 17.0. The molecule has 0 spiro atoms. The summed E-state index contributed by atoms with van der Waals surface area (Å²) in [6, 6.07) is 8.22. The first-order valence-corrected chi connectivity index (χ1v) is 6.88. The van der Waals surface area contributed by atoms with Gasteiger partial charge in [-0.3, -0.25) is 5.41 Å². The molecule has 2 rings (SSSR count). The molecule has 3 N–H and O–H groups in total. The van der Waals surface area contributed by atoms with E-state index in [2.05, 4.69) is 32.9 Å². The Kier molecular flexibility index (Phi) is 3.57. The summed E-state index contributed by atoms with van der Waals surface area (Å²) in [7, 11) is 0. The summed E-state index contributed by atoms with van der Waals surface area (Å²) in [5, 5.41) is 7.44. The summed E-state index contributed by atoms with van der Waals surface area (Å²) < 4.78 is 6.04. The molecule has 0 bridgehead atoms. The number of ether oxygens (including phenoxy) is 1. The quantitative estimate of drug-likeness (QED) is 0.629. The van der Waals surface area contributed by atoms with Crippen molar-refractivity contribution in [3.8, 4) is 5.75 Å². The average molecular weight is 260 g/mol. The molecule has 19 heavy (non-hydrogen) atoms. The maximum absolute atomic E-state index is 7.44. The second-order valence-corrected chi connectivity index (χ2v) is 6.74. The number of hydrogen-bond acceptors (Lipinski definition) is 2. The molecule has 3 nitrogen and oxygen atoms in total. The lowest BCUT2D eigenvalue weighted by molar-refractivity contribution is 0.233. The van der Waals surface area contributed by atoms with Gasteiger partial charge in [0, 0.05) is 11.8 Å². The van der Waals surface area contributed by atoms with Crippen LogP contribution in [0.5, 0.6) is 5.75 Å². The van der Waals surface area contributed by atoms with Crippen molar-refractivity contribution in [3.05, 3.63) is 29.8 Å². The van der Waals surface area contributed by atoms with E-state index < -0.39 is 0 Å². The highest BCUT2D eigenvalue weighted by Crippen LogP contribution is 2.49. The molecule has 0 saturated heterocycles. The van der Waals surface area contributed by atoms with E-state index >= 15 is 0 Å². The van der Waals surface area contributed by atoms with Crippen LogP contribution in [0.1, 0.15) is 45.6 Å². The van der Waals surface area contributed by atoms with Gasteiger partial charge in [0.15, 0.2) is 0 Å². The molecule has 1 aromatic rings. The van der Waals surface area contributed by atoms with Crippen LogP contribution in [0.3, 0.4) is 0 Å². The summed E-state index contributed by atoms with van der Waals surface area (Å²) in [5.74, 6) is 1.23. The molecule has 0 heterocycles. The topological polar surface area (TPSA) is 59.1 Å². The van der Waals surface area contributed by atoms with E-state index in [-0.39, 0.29) is 16.7 Å². The van der Waals surface area contributed by atoms with Crippen LogP contribution in [0.25, 0.3) is 0 Å². The second kappa shape index (κ2) is 4.87. The SMILES string of the molecule is CC(C)(C)c1ccccc1OCC1(CC(=N)N)CC1. The molecule has 1 fully saturated rings. The lowest BCUT2D eigenvalue weighted by Crippen LogP contribution is -2.22. The van der Waals surface area contributed by atoms with E-state index in [4.69, 9.17) is 15.9 Å². The van der Waals surface area contributed by atoms with Gasteiger partial charge >= 0.3 is 0 Å². The average Bonchev–Trinajstić information content (AvgIpc) is 3.05. The fraction of sp³-hybridized carbons (Fsp3) is 0.562. The number of amidine groups is 1. The summed E-state index contributed by atoms with van der Waals surface area (Å²) in [5.41, 5.74) is 6.94. The van der Waals surface area contributed by atoms with Crippen LogP contribution in [-0.4, -0.2) is 12.4 Å². The Morgan fingerprint density at radius 2 is 1.95 bits per heavy atom. The maximum Gasteiger partial charge on any atom is 0.123 e. The second-order valence-electron chi connectivity index (χ2n) is 6.74. The van der Waals surface area contributed by atoms with Crippen LogP contribution in [-0.2, 0) is 5.41 Å². The van der Waals surface area contributed by atoms with Gasteiger partial charge in [-0.1, -0.05) is 39.0 Å². The number of benzene rings is 1. The summed E-state index contributed by atoms with van der Waals surface area (Å²) in [6.45, 7) is 7.24. The molecule has 3 heteroatoms. The molecule has 0 unspecified atom stereocenters. The largest absolute Gasteiger partial charge is 0.493 e. The van der Waals surface area contributed by atoms with Crippen molar-refractivity contribution in [2.45, 2.75) is 45.4 Å². The summed E-state index contributed by atoms with van der Waals surface area (Å²) >= 11 is 0. The number of hydrogen-bond donors (Lipinski definition) is 2.